The monoisotopic (exact) mass is 419 g/mol. The Morgan fingerprint density at radius 3 is 2.29 bits per heavy atom. The molecule has 24 heavy (non-hydrogen) atoms. The molecule has 0 aliphatic carbocycles. The largest absolute Gasteiger partial charge is 0.325 e. The number of aryl methyl sites for hydroxylation is 1. The van der Waals surface area contributed by atoms with E-state index in [9.17, 15) is 13.2 Å². The van der Waals surface area contributed by atoms with Crippen molar-refractivity contribution in [3.63, 3.8) is 0 Å². The van der Waals surface area contributed by atoms with Crippen LogP contribution in [0.4, 0.5) is 5.69 Å². The maximum Gasteiger partial charge on any atom is 0.282 e. The number of benzene rings is 1. The zero-order chi connectivity index (χ0) is 18.3. The lowest BCUT2D eigenvalue weighted by molar-refractivity contribution is -0.116. The van der Waals surface area contributed by atoms with Crippen molar-refractivity contribution in [2.45, 2.75) is 33.6 Å². The minimum absolute atomic E-state index is 0.220. The standard InChI is InChI=1S/C16H26BrN3O3S/c1-5-9-20(10-6-2)24(22,23)19(4)12-16(21)18-15-8-7-14(17)11-13(15)3/h7-8,11H,5-6,9-10,12H2,1-4H3,(H,18,21). The fraction of sp³-hybridized carbons (Fsp3) is 0.562. The third-order valence-electron chi connectivity index (χ3n) is 3.49. The van der Waals surface area contributed by atoms with Crippen LogP contribution in [-0.2, 0) is 15.0 Å². The minimum Gasteiger partial charge on any atom is -0.325 e. The molecule has 0 spiro atoms. The summed E-state index contributed by atoms with van der Waals surface area (Å²) in [5, 5.41) is 2.76. The molecule has 0 aliphatic rings. The normalized spacial score (nSPS) is 12.0. The molecule has 0 unspecified atom stereocenters. The van der Waals surface area contributed by atoms with Gasteiger partial charge in [-0.15, -0.1) is 0 Å². The van der Waals surface area contributed by atoms with E-state index < -0.39 is 10.2 Å². The predicted octanol–water partition coefficient (Wildman–Crippen LogP) is 2.99. The van der Waals surface area contributed by atoms with E-state index in [1.807, 2.05) is 32.9 Å². The Bertz CT molecular complexity index is 659. The summed E-state index contributed by atoms with van der Waals surface area (Å²) in [6.07, 6.45) is 1.47. The van der Waals surface area contributed by atoms with E-state index in [0.717, 1.165) is 27.2 Å². The summed E-state index contributed by atoms with van der Waals surface area (Å²) in [5.74, 6) is -0.362. The minimum atomic E-state index is -3.63. The van der Waals surface area contributed by atoms with Crippen LogP contribution >= 0.6 is 15.9 Å². The van der Waals surface area contributed by atoms with Crippen molar-refractivity contribution >= 4 is 37.7 Å². The molecular weight excluding hydrogens is 394 g/mol. The van der Waals surface area contributed by atoms with Crippen molar-refractivity contribution in [2.75, 3.05) is 32.0 Å². The molecule has 0 saturated heterocycles. The second-order valence-corrected chi connectivity index (χ2v) is 8.62. The molecule has 0 fully saturated rings. The second kappa shape index (κ2) is 9.50. The lowest BCUT2D eigenvalue weighted by atomic mass is 10.2. The number of hydrogen-bond acceptors (Lipinski definition) is 3. The van der Waals surface area contributed by atoms with Gasteiger partial charge < -0.3 is 5.32 Å². The average Bonchev–Trinajstić information content (AvgIpc) is 2.49. The number of hydrogen-bond donors (Lipinski definition) is 1. The van der Waals surface area contributed by atoms with Gasteiger partial charge in [-0.2, -0.15) is 17.0 Å². The molecule has 1 aromatic carbocycles. The van der Waals surface area contributed by atoms with Crippen LogP contribution in [0.25, 0.3) is 0 Å². The third kappa shape index (κ3) is 5.84. The zero-order valence-electron chi connectivity index (χ0n) is 14.7. The van der Waals surface area contributed by atoms with E-state index in [1.54, 1.807) is 6.07 Å². The number of carbonyl (C=O) groups excluding carboxylic acids is 1. The summed E-state index contributed by atoms with van der Waals surface area (Å²) < 4.78 is 28.6. The third-order valence-corrected chi connectivity index (χ3v) is 5.92. The number of nitrogens with zero attached hydrogens (tertiary/aromatic N) is 2. The van der Waals surface area contributed by atoms with Gasteiger partial charge in [0.05, 0.1) is 6.54 Å². The maximum absolute atomic E-state index is 12.6. The van der Waals surface area contributed by atoms with Crippen LogP contribution < -0.4 is 5.32 Å². The van der Waals surface area contributed by atoms with Gasteiger partial charge in [0.2, 0.25) is 5.91 Å². The summed E-state index contributed by atoms with van der Waals surface area (Å²) in [6, 6.07) is 5.50. The molecule has 0 bridgehead atoms. The molecule has 6 nitrogen and oxygen atoms in total. The average molecular weight is 420 g/mol. The molecular formula is C16H26BrN3O3S. The van der Waals surface area contributed by atoms with E-state index in [0.29, 0.717) is 18.8 Å². The van der Waals surface area contributed by atoms with Gasteiger partial charge in [-0.3, -0.25) is 4.79 Å². The highest BCUT2D eigenvalue weighted by Crippen LogP contribution is 2.20. The first-order valence-corrected chi connectivity index (χ1v) is 10.2. The summed E-state index contributed by atoms with van der Waals surface area (Å²) >= 11 is 3.37. The molecule has 1 aromatic rings. The molecule has 1 N–H and O–H groups in total. The van der Waals surface area contributed by atoms with Gasteiger partial charge in [-0.1, -0.05) is 29.8 Å². The summed E-state index contributed by atoms with van der Waals surface area (Å²) in [7, 11) is -2.20. The van der Waals surface area contributed by atoms with Crippen molar-refractivity contribution in [2.24, 2.45) is 0 Å². The maximum atomic E-state index is 12.6. The lowest BCUT2D eigenvalue weighted by Crippen LogP contribution is -2.45. The van der Waals surface area contributed by atoms with Crippen LogP contribution in [0, 0.1) is 6.92 Å². The lowest BCUT2D eigenvalue weighted by Gasteiger charge is -2.26. The first kappa shape index (κ1) is 21.1. The Kier molecular flexibility index (Phi) is 8.35. The smallest absolute Gasteiger partial charge is 0.282 e. The molecule has 8 heteroatoms. The Morgan fingerprint density at radius 1 is 1.21 bits per heavy atom. The SMILES string of the molecule is CCCN(CCC)S(=O)(=O)N(C)CC(=O)Nc1ccc(Br)cc1C. The Balaban J connectivity index is 2.77. The van der Waals surface area contributed by atoms with Crippen LogP contribution in [0.1, 0.15) is 32.3 Å². The Labute approximate surface area is 153 Å². The highest BCUT2D eigenvalue weighted by molar-refractivity contribution is 9.10. The van der Waals surface area contributed by atoms with E-state index >= 15 is 0 Å². The number of amides is 1. The van der Waals surface area contributed by atoms with E-state index in [2.05, 4.69) is 21.2 Å². The summed E-state index contributed by atoms with van der Waals surface area (Å²) in [6.45, 7) is 6.43. The number of likely N-dealkylation sites (N-methyl/N-ethyl adjacent to an activating group) is 1. The van der Waals surface area contributed by atoms with Gasteiger partial charge in [0, 0.05) is 30.3 Å². The Hall–Kier alpha value is -0.960. The molecule has 1 rings (SSSR count). The van der Waals surface area contributed by atoms with Gasteiger partial charge in [0.1, 0.15) is 0 Å². The van der Waals surface area contributed by atoms with Crippen LogP contribution in [0.5, 0.6) is 0 Å². The predicted molar refractivity (Wildman–Crippen MR) is 101 cm³/mol. The molecule has 0 aromatic heterocycles. The highest BCUT2D eigenvalue weighted by atomic mass is 79.9. The topological polar surface area (TPSA) is 69.7 Å². The molecule has 0 radical (unpaired) electrons. The van der Waals surface area contributed by atoms with Crippen LogP contribution in [0.2, 0.25) is 0 Å². The Morgan fingerprint density at radius 2 is 1.79 bits per heavy atom. The molecule has 1 amide bonds. The van der Waals surface area contributed by atoms with Gasteiger partial charge >= 0.3 is 0 Å². The molecule has 0 heterocycles. The van der Waals surface area contributed by atoms with Crippen molar-refractivity contribution in [3.8, 4) is 0 Å². The second-order valence-electron chi connectivity index (χ2n) is 5.67. The summed E-state index contributed by atoms with van der Waals surface area (Å²) in [4.78, 5) is 12.2. The number of rotatable bonds is 9. The molecule has 0 atom stereocenters. The number of anilines is 1. The van der Waals surface area contributed by atoms with Gasteiger partial charge in [-0.05, 0) is 43.5 Å². The van der Waals surface area contributed by atoms with Gasteiger partial charge in [-0.25, -0.2) is 0 Å². The fourth-order valence-electron chi connectivity index (χ4n) is 2.28. The van der Waals surface area contributed by atoms with Crippen molar-refractivity contribution in [3.05, 3.63) is 28.2 Å². The van der Waals surface area contributed by atoms with Crippen LogP contribution in [0.3, 0.4) is 0 Å². The molecule has 0 saturated carbocycles. The number of halogens is 1. The van der Waals surface area contributed by atoms with Crippen molar-refractivity contribution in [1.29, 1.82) is 0 Å². The van der Waals surface area contributed by atoms with Gasteiger partial charge in [0.25, 0.3) is 10.2 Å². The number of carbonyl (C=O) groups is 1. The molecule has 0 aliphatic heterocycles. The van der Waals surface area contributed by atoms with Crippen LogP contribution in [0.15, 0.2) is 22.7 Å². The quantitative estimate of drug-likeness (QED) is 0.668. The van der Waals surface area contributed by atoms with Crippen molar-refractivity contribution in [1.82, 2.24) is 8.61 Å². The first-order chi connectivity index (χ1) is 11.2. The summed E-state index contributed by atoms with van der Waals surface area (Å²) in [5.41, 5.74) is 1.58. The van der Waals surface area contributed by atoms with Gasteiger partial charge in [0.15, 0.2) is 0 Å². The zero-order valence-corrected chi connectivity index (χ0v) is 17.1. The first-order valence-electron chi connectivity index (χ1n) is 7.99. The highest BCUT2D eigenvalue weighted by Gasteiger charge is 2.27. The molecule has 136 valence electrons. The van der Waals surface area contributed by atoms with E-state index in [4.69, 9.17) is 0 Å². The van der Waals surface area contributed by atoms with Crippen molar-refractivity contribution < 1.29 is 13.2 Å². The van der Waals surface area contributed by atoms with E-state index in [1.165, 1.54) is 11.4 Å². The van der Waals surface area contributed by atoms with Crippen LogP contribution in [-0.4, -0.2) is 49.6 Å². The van der Waals surface area contributed by atoms with E-state index in [-0.39, 0.29) is 12.5 Å². The number of nitrogens with one attached hydrogen (secondary N) is 1. The fourth-order valence-corrected chi connectivity index (χ4v) is 4.26.